The van der Waals surface area contributed by atoms with E-state index in [2.05, 4.69) is 6.92 Å². The second-order valence-corrected chi connectivity index (χ2v) is 10.2. The molecule has 2 heterocycles. The van der Waals surface area contributed by atoms with Crippen LogP contribution >= 0.6 is 0 Å². The molecule has 2 aliphatic heterocycles. The minimum atomic E-state index is -0.327. The molecule has 3 aromatic carbocycles. The average Bonchev–Trinajstić information content (AvgIpc) is 3.57. The predicted octanol–water partition coefficient (Wildman–Crippen LogP) is 5.53. The van der Waals surface area contributed by atoms with Gasteiger partial charge in [-0.25, -0.2) is 0 Å². The van der Waals surface area contributed by atoms with Crippen molar-refractivity contribution in [3.63, 3.8) is 0 Å². The van der Waals surface area contributed by atoms with Gasteiger partial charge in [-0.05, 0) is 59.5 Å². The molecule has 4 atom stereocenters. The number of aromatic hydroxyl groups is 3. The van der Waals surface area contributed by atoms with Crippen LogP contribution in [-0.4, -0.2) is 57.0 Å². The summed E-state index contributed by atoms with van der Waals surface area (Å²) in [5, 5.41) is 32.5. The van der Waals surface area contributed by atoms with Crippen molar-refractivity contribution >= 4 is 0 Å². The molecule has 2 saturated heterocycles. The molecule has 0 aromatic heterocycles. The first-order chi connectivity index (χ1) is 19.3. The van der Waals surface area contributed by atoms with Crippen molar-refractivity contribution in [1.82, 2.24) is 0 Å². The number of ether oxygens (including phenoxy) is 6. The fourth-order valence-corrected chi connectivity index (χ4v) is 5.93. The van der Waals surface area contributed by atoms with E-state index in [1.807, 2.05) is 18.2 Å². The number of methoxy groups -OCH3 is 4. The highest BCUT2D eigenvalue weighted by molar-refractivity contribution is 5.81. The van der Waals surface area contributed by atoms with Crippen molar-refractivity contribution in [3.05, 3.63) is 53.1 Å². The van der Waals surface area contributed by atoms with Crippen molar-refractivity contribution in [2.75, 3.05) is 41.7 Å². The van der Waals surface area contributed by atoms with Crippen LogP contribution in [0.1, 0.15) is 42.2 Å². The second kappa shape index (κ2) is 11.3. The number of fused-ring (bicyclic) bond motifs is 1. The molecule has 0 aliphatic carbocycles. The Morgan fingerprint density at radius 3 is 1.52 bits per heavy atom. The van der Waals surface area contributed by atoms with E-state index >= 15 is 0 Å². The molecule has 5 rings (SSSR count). The fraction of sp³-hybridized carbons (Fsp3) is 0.419. The van der Waals surface area contributed by atoms with Crippen LogP contribution in [0.5, 0.6) is 40.2 Å². The van der Waals surface area contributed by atoms with Gasteiger partial charge in [0.1, 0.15) is 0 Å². The highest BCUT2D eigenvalue weighted by atomic mass is 16.5. The van der Waals surface area contributed by atoms with Gasteiger partial charge in [-0.1, -0.05) is 13.3 Å². The lowest BCUT2D eigenvalue weighted by Crippen LogP contribution is -2.15. The Morgan fingerprint density at radius 1 is 0.625 bits per heavy atom. The number of rotatable bonds is 9. The third-order valence-corrected chi connectivity index (χ3v) is 7.92. The Kier molecular flexibility index (Phi) is 7.87. The molecule has 9 nitrogen and oxygen atoms in total. The van der Waals surface area contributed by atoms with Crippen LogP contribution in [0.15, 0.2) is 36.4 Å². The van der Waals surface area contributed by atoms with E-state index in [-0.39, 0.29) is 47.0 Å². The van der Waals surface area contributed by atoms with E-state index in [4.69, 9.17) is 28.4 Å². The number of phenols is 3. The van der Waals surface area contributed by atoms with E-state index in [9.17, 15) is 15.3 Å². The van der Waals surface area contributed by atoms with E-state index in [0.717, 1.165) is 29.5 Å². The third kappa shape index (κ3) is 4.73. The minimum Gasteiger partial charge on any atom is -0.504 e. The molecule has 0 radical (unpaired) electrons. The quantitative estimate of drug-likeness (QED) is 0.315. The van der Waals surface area contributed by atoms with Gasteiger partial charge in [0.15, 0.2) is 34.5 Å². The van der Waals surface area contributed by atoms with Crippen LogP contribution in [0.2, 0.25) is 0 Å². The summed E-state index contributed by atoms with van der Waals surface area (Å²) >= 11 is 0. The van der Waals surface area contributed by atoms with Crippen molar-refractivity contribution in [2.24, 2.45) is 11.8 Å². The molecule has 3 N–H and O–H groups in total. The van der Waals surface area contributed by atoms with Crippen molar-refractivity contribution in [1.29, 1.82) is 0 Å². The highest BCUT2D eigenvalue weighted by Crippen LogP contribution is 2.54. The van der Waals surface area contributed by atoms with E-state index in [0.29, 0.717) is 41.6 Å². The maximum absolute atomic E-state index is 11.1. The first kappa shape index (κ1) is 27.7. The van der Waals surface area contributed by atoms with Crippen LogP contribution < -0.4 is 18.9 Å². The molecule has 40 heavy (non-hydrogen) atoms. The summed E-state index contributed by atoms with van der Waals surface area (Å²) in [6.07, 6.45) is 1.10. The molecule has 214 valence electrons. The smallest absolute Gasteiger partial charge is 0.200 e. The van der Waals surface area contributed by atoms with Gasteiger partial charge in [-0.3, -0.25) is 0 Å². The maximum atomic E-state index is 11.1. The van der Waals surface area contributed by atoms with Crippen LogP contribution in [0, 0.1) is 11.8 Å². The van der Waals surface area contributed by atoms with E-state index in [1.165, 1.54) is 28.4 Å². The number of benzene rings is 3. The van der Waals surface area contributed by atoms with Gasteiger partial charge < -0.3 is 43.7 Å². The van der Waals surface area contributed by atoms with Crippen LogP contribution in [0.4, 0.5) is 0 Å². The van der Waals surface area contributed by atoms with Crippen LogP contribution in [-0.2, 0) is 15.9 Å². The molecule has 2 fully saturated rings. The summed E-state index contributed by atoms with van der Waals surface area (Å²) in [7, 11) is 5.99. The Morgan fingerprint density at radius 2 is 1.05 bits per heavy atom. The van der Waals surface area contributed by atoms with Crippen LogP contribution in [0.25, 0.3) is 11.1 Å². The highest BCUT2D eigenvalue weighted by Gasteiger charge is 2.48. The molecule has 4 unspecified atom stereocenters. The van der Waals surface area contributed by atoms with Gasteiger partial charge in [-0.2, -0.15) is 0 Å². The van der Waals surface area contributed by atoms with Gasteiger partial charge in [-0.15, -0.1) is 0 Å². The molecule has 0 saturated carbocycles. The topological polar surface area (TPSA) is 116 Å². The number of phenolic OH excluding ortho intramolecular Hbond substituents is 3. The van der Waals surface area contributed by atoms with Gasteiger partial charge in [0.05, 0.1) is 53.9 Å². The zero-order valence-corrected chi connectivity index (χ0v) is 23.4. The minimum absolute atomic E-state index is 0.0208. The zero-order chi connectivity index (χ0) is 28.6. The SMILES string of the molecule is CCCc1cc(OC)c(O)c(-c2cc(C3OCC4C(c5cc(OC)c(O)c(OC)c5)OCC34)cc(OC)c2O)c1. The Bertz CT molecular complexity index is 1360. The van der Waals surface area contributed by atoms with Gasteiger partial charge >= 0.3 is 0 Å². The van der Waals surface area contributed by atoms with E-state index in [1.54, 1.807) is 18.2 Å². The van der Waals surface area contributed by atoms with Crippen LogP contribution in [0.3, 0.4) is 0 Å². The molecule has 0 amide bonds. The Labute approximate surface area is 233 Å². The van der Waals surface area contributed by atoms with Gasteiger partial charge in [0.25, 0.3) is 0 Å². The largest absolute Gasteiger partial charge is 0.504 e. The number of aryl methyl sites for hydroxylation is 1. The number of hydrogen-bond donors (Lipinski definition) is 3. The molecule has 2 aliphatic rings. The average molecular weight is 553 g/mol. The molecular weight excluding hydrogens is 516 g/mol. The first-order valence-corrected chi connectivity index (χ1v) is 13.3. The maximum Gasteiger partial charge on any atom is 0.200 e. The summed E-state index contributed by atoms with van der Waals surface area (Å²) in [5.74, 6) is 1.11. The Balaban J connectivity index is 1.52. The summed E-state index contributed by atoms with van der Waals surface area (Å²) in [4.78, 5) is 0. The van der Waals surface area contributed by atoms with Crippen molar-refractivity contribution in [3.8, 4) is 51.4 Å². The normalized spacial score (nSPS) is 21.7. The zero-order valence-electron chi connectivity index (χ0n) is 23.4. The summed E-state index contributed by atoms with van der Waals surface area (Å²) in [5.41, 5.74) is 3.51. The van der Waals surface area contributed by atoms with E-state index < -0.39 is 0 Å². The van der Waals surface area contributed by atoms with Crippen molar-refractivity contribution < 1.29 is 43.7 Å². The first-order valence-electron chi connectivity index (χ1n) is 13.3. The summed E-state index contributed by atoms with van der Waals surface area (Å²) < 4.78 is 34.3. The predicted molar refractivity (Wildman–Crippen MR) is 148 cm³/mol. The lowest BCUT2D eigenvalue weighted by molar-refractivity contribution is 0.0191. The molecular formula is C31H36O9. The molecule has 9 heteroatoms. The third-order valence-electron chi connectivity index (χ3n) is 7.92. The monoisotopic (exact) mass is 552 g/mol. The fourth-order valence-electron chi connectivity index (χ4n) is 5.93. The van der Waals surface area contributed by atoms with Crippen molar-refractivity contribution in [2.45, 2.75) is 32.0 Å². The summed E-state index contributed by atoms with van der Waals surface area (Å²) in [6.45, 7) is 2.99. The van der Waals surface area contributed by atoms with Gasteiger partial charge in [0, 0.05) is 23.0 Å². The molecule has 3 aromatic rings. The molecule has 0 bridgehead atoms. The molecule has 0 spiro atoms. The number of hydrogen-bond acceptors (Lipinski definition) is 9. The lowest BCUT2D eigenvalue weighted by Gasteiger charge is -2.21. The standard InChI is InChI=1S/C31H36O9/c1-6-7-16-8-19(27(32)23(9-16)35-2)20-10-17(11-24(36-3)28(20)33)30-21-14-40-31(22(21)15-39-30)18-12-25(37-4)29(34)26(13-18)38-5/h8-13,21-22,30-34H,6-7,14-15H2,1-5H3. The lowest BCUT2D eigenvalue weighted by atomic mass is 9.84. The second-order valence-electron chi connectivity index (χ2n) is 10.2. The Hall–Kier alpha value is -3.82. The van der Waals surface area contributed by atoms with Gasteiger partial charge in [0.2, 0.25) is 5.75 Å². The summed E-state index contributed by atoms with van der Waals surface area (Å²) in [6, 6.07) is 10.8.